The summed E-state index contributed by atoms with van der Waals surface area (Å²) in [6, 6.07) is 9.72. The summed E-state index contributed by atoms with van der Waals surface area (Å²) in [7, 11) is 0. The minimum absolute atomic E-state index is 0.677. The fraction of sp³-hybridized carbons (Fsp3) is 0.625. The molecule has 0 amide bonds. The van der Waals surface area contributed by atoms with Crippen molar-refractivity contribution in [2.45, 2.75) is 52.0 Å². The molecule has 1 nitrogen and oxygen atoms in total. The smallest absolute Gasteiger partial charge is 0.0350 e. The van der Waals surface area contributed by atoms with Crippen molar-refractivity contribution >= 4 is 0 Å². The Bertz CT molecular complexity index is 345. The molecule has 1 aliphatic rings. The Morgan fingerprint density at radius 3 is 2.76 bits per heavy atom. The molecule has 1 aromatic rings. The molecule has 0 aliphatic carbocycles. The molecule has 0 saturated heterocycles. The predicted octanol–water partition coefficient (Wildman–Crippen LogP) is 4.19. The second-order valence-electron chi connectivity index (χ2n) is 5.09. The Kier molecular flexibility index (Phi) is 4.61. The van der Waals surface area contributed by atoms with Crippen molar-refractivity contribution in [1.82, 2.24) is 4.90 Å². The molecule has 0 bridgehead atoms. The first-order valence-electron chi connectivity index (χ1n) is 7.18. The van der Waals surface area contributed by atoms with Crippen LogP contribution in [0.2, 0.25) is 0 Å². The number of benzene rings is 1. The van der Waals surface area contributed by atoms with Crippen LogP contribution < -0.4 is 0 Å². The molecule has 94 valence electrons. The summed E-state index contributed by atoms with van der Waals surface area (Å²) >= 11 is 0. The van der Waals surface area contributed by atoms with Gasteiger partial charge in [0.1, 0.15) is 0 Å². The number of likely N-dealkylation sites (N-methyl/N-ethyl adjacent to an activating group) is 1. The van der Waals surface area contributed by atoms with Crippen LogP contribution in [-0.2, 0) is 6.42 Å². The van der Waals surface area contributed by atoms with Crippen LogP contribution in [0, 0.1) is 0 Å². The van der Waals surface area contributed by atoms with E-state index in [4.69, 9.17) is 0 Å². The van der Waals surface area contributed by atoms with Crippen LogP contribution in [0.25, 0.3) is 0 Å². The molecule has 0 radical (unpaired) electrons. The van der Waals surface area contributed by atoms with Gasteiger partial charge in [-0.15, -0.1) is 0 Å². The molecule has 1 aromatic carbocycles. The topological polar surface area (TPSA) is 3.24 Å². The van der Waals surface area contributed by atoms with E-state index in [1.165, 1.54) is 45.2 Å². The lowest BCUT2D eigenvalue weighted by Crippen LogP contribution is -2.35. The van der Waals surface area contributed by atoms with Gasteiger partial charge in [0.15, 0.2) is 0 Å². The second kappa shape index (κ2) is 6.20. The number of rotatable bonds is 5. The number of unbranched alkanes of at least 4 members (excludes halogenated alkanes) is 2. The van der Waals surface area contributed by atoms with Crippen LogP contribution in [0.15, 0.2) is 24.3 Å². The molecule has 1 aliphatic heterocycles. The lowest BCUT2D eigenvalue weighted by molar-refractivity contribution is 0.182. The molecule has 1 heterocycles. The Balaban J connectivity index is 2.13. The largest absolute Gasteiger partial charge is 0.296 e. The molecule has 17 heavy (non-hydrogen) atoms. The van der Waals surface area contributed by atoms with E-state index in [-0.39, 0.29) is 0 Å². The maximum atomic E-state index is 2.65. The molecule has 0 fully saturated rings. The lowest BCUT2D eigenvalue weighted by atomic mass is 9.89. The first kappa shape index (κ1) is 12.6. The van der Waals surface area contributed by atoms with Gasteiger partial charge in [-0.3, -0.25) is 4.90 Å². The van der Waals surface area contributed by atoms with Gasteiger partial charge in [0, 0.05) is 12.6 Å². The standard InChI is InChI=1S/C16H25N/c1-3-5-6-11-16-15-10-8-7-9-14(15)12-13-17(16)4-2/h7-10,16H,3-6,11-13H2,1-2H3. The molecule has 1 unspecified atom stereocenters. The number of fused-ring (bicyclic) bond motifs is 1. The Morgan fingerprint density at radius 2 is 2.00 bits per heavy atom. The number of nitrogens with zero attached hydrogens (tertiary/aromatic N) is 1. The van der Waals surface area contributed by atoms with Gasteiger partial charge in [0.2, 0.25) is 0 Å². The van der Waals surface area contributed by atoms with Crippen LogP contribution in [0.3, 0.4) is 0 Å². The maximum Gasteiger partial charge on any atom is 0.0350 e. The Labute approximate surface area is 106 Å². The highest BCUT2D eigenvalue weighted by atomic mass is 15.2. The average Bonchev–Trinajstić information content (AvgIpc) is 2.39. The summed E-state index contributed by atoms with van der Waals surface area (Å²) < 4.78 is 0. The summed E-state index contributed by atoms with van der Waals surface area (Å²) in [5.74, 6) is 0. The summed E-state index contributed by atoms with van der Waals surface area (Å²) in [4.78, 5) is 2.65. The van der Waals surface area contributed by atoms with Crippen molar-refractivity contribution in [2.75, 3.05) is 13.1 Å². The molecular weight excluding hydrogens is 206 g/mol. The summed E-state index contributed by atoms with van der Waals surface area (Å²) in [6.45, 7) is 7.00. The van der Waals surface area contributed by atoms with E-state index in [2.05, 4.69) is 43.0 Å². The van der Waals surface area contributed by atoms with E-state index in [9.17, 15) is 0 Å². The van der Waals surface area contributed by atoms with E-state index in [1.807, 2.05) is 0 Å². The van der Waals surface area contributed by atoms with Crippen molar-refractivity contribution in [2.24, 2.45) is 0 Å². The van der Waals surface area contributed by atoms with Crippen LogP contribution in [-0.4, -0.2) is 18.0 Å². The second-order valence-corrected chi connectivity index (χ2v) is 5.09. The molecule has 1 heteroatoms. The molecule has 0 N–H and O–H groups in total. The van der Waals surface area contributed by atoms with Crippen molar-refractivity contribution in [3.05, 3.63) is 35.4 Å². The number of hydrogen-bond acceptors (Lipinski definition) is 1. The van der Waals surface area contributed by atoms with Crippen molar-refractivity contribution in [1.29, 1.82) is 0 Å². The highest BCUT2D eigenvalue weighted by Crippen LogP contribution is 2.33. The van der Waals surface area contributed by atoms with Crippen LogP contribution in [0.4, 0.5) is 0 Å². The quantitative estimate of drug-likeness (QED) is 0.687. The van der Waals surface area contributed by atoms with Crippen LogP contribution in [0.1, 0.15) is 56.7 Å². The summed E-state index contributed by atoms with van der Waals surface area (Å²) in [5.41, 5.74) is 3.18. The third-order valence-electron chi connectivity index (χ3n) is 4.01. The van der Waals surface area contributed by atoms with E-state index < -0.39 is 0 Å². The molecule has 0 aromatic heterocycles. The zero-order chi connectivity index (χ0) is 12.1. The number of hydrogen-bond donors (Lipinski definition) is 0. The third-order valence-corrected chi connectivity index (χ3v) is 4.01. The molecule has 0 spiro atoms. The molecule has 1 atom stereocenters. The SMILES string of the molecule is CCCCCC1c2ccccc2CCN1CC. The van der Waals surface area contributed by atoms with Gasteiger partial charge in [0.05, 0.1) is 0 Å². The van der Waals surface area contributed by atoms with E-state index in [0.717, 1.165) is 0 Å². The van der Waals surface area contributed by atoms with Gasteiger partial charge < -0.3 is 0 Å². The first-order valence-corrected chi connectivity index (χ1v) is 7.18. The summed E-state index contributed by atoms with van der Waals surface area (Å²) in [5, 5.41) is 0. The van der Waals surface area contributed by atoms with Gasteiger partial charge in [-0.2, -0.15) is 0 Å². The summed E-state index contributed by atoms with van der Waals surface area (Å²) in [6.07, 6.45) is 6.62. The molecule has 0 saturated carbocycles. The minimum Gasteiger partial charge on any atom is -0.296 e. The molecule has 2 rings (SSSR count). The maximum absolute atomic E-state index is 2.65. The van der Waals surface area contributed by atoms with Gasteiger partial charge in [-0.05, 0) is 30.5 Å². The highest BCUT2D eigenvalue weighted by Gasteiger charge is 2.24. The van der Waals surface area contributed by atoms with Crippen molar-refractivity contribution in [3.8, 4) is 0 Å². The monoisotopic (exact) mass is 231 g/mol. The first-order chi connectivity index (χ1) is 8.36. The fourth-order valence-electron chi connectivity index (χ4n) is 3.01. The minimum atomic E-state index is 0.677. The van der Waals surface area contributed by atoms with Gasteiger partial charge >= 0.3 is 0 Å². The van der Waals surface area contributed by atoms with E-state index in [0.29, 0.717) is 6.04 Å². The predicted molar refractivity (Wildman–Crippen MR) is 74.3 cm³/mol. The zero-order valence-corrected chi connectivity index (χ0v) is 11.3. The van der Waals surface area contributed by atoms with Crippen LogP contribution in [0.5, 0.6) is 0 Å². The van der Waals surface area contributed by atoms with Crippen LogP contribution >= 0.6 is 0 Å². The highest BCUT2D eigenvalue weighted by molar-refractivity contribution is 5.32. The Hall–Kier alpha value is -0.820. The third kappa shape index (κ3) is 2.90. The van der Waals surface area contributed by atoms with Crippen molar-refractivity contribution < 1.29 is 0 Å². The van der Waals surface area contributed by atoms with Gasteiger partial charge in [0.25, 0.3) is 0 Å². The fourth-order valence-corrected chi connectivity index (χ4v) is 3.01. The average molecular weight is 231 g/mol. The van der Waals surface area contributed by atoms with Crippen molar-refractivity contribution in [3.63, 3.8) is 0 Å². The Morgan fingerprint density at radius 1 is 1.18 bits per heavy atom. The van der Waals surface area contributed by atoms with E-state index in [1.54, 1.807) is 11.1 Å². The zero-order valence-electron chi connectivity index (χ0n) is 11.3. The normalized spacial score (nSPS) is 20.2. The van der Waals surface area contributed by atoms with Gasteiger partial charge in [-0.1, -0.05) is 57.4 Å². The lowest BCUT2D eigenvalue weighted by Gasteiger charge is -2.36. The molecular formula is C16H25N. The van der Waals surface area contributed by atoms with Gasteiger partial charge in [-0.25, -0.2) is 0 Å². The van der Waals surface area contributed by atoms with E-state index >= 15 is 0 Å².